The van der Waals surface area contributed by atoms with Gasteiger partial charge in [-0.15, -0.1) is 10.2 Å². The highest BCUT2D eigenvalue weighted by Gasteiger charge is 2.31. The Kier molecular flexibility index (Phi) is 4.52. The Morgan fingerprint density at radius 1 is 1.40 bits per heavy atom. The highest BCUT2D eigenvalue weighted by Crippen LogP contribution is 2.23. The van der Waals surface area contributed by atoms with Gasteiger partial charge in [0.1, 0.15) is 10.5 Å². The van der Waals surface area contributed by atoms with Crippen molar-refractivity contribution in [2.45, 2.75) is 25.8 Å². The lowest BCUT2D eigenvalue weighted by molar-refractivity contribution is -0.120. The fourth-order valence-corrected chi connectivity index (χ4v) is 2.54. The first-order valence-corrected chi connectivity index (χ1v) is 7.73. The van der Waals surface area contributed by atoms with E-state index < -0.39 is 5.54 Å². The van der Waals surface area contributed by atoms with Gasteiger partial charge in [0, 0.05) is 4.47 Å². The number of nitrogens with zero attached hydrogens (tertiary/aromatic N) is 2. The molecule has 20 heavy (non-hydrogen) atoms. The number of nitrogens with two attached hydrogens (primary N) is 1. The Morgan fingerprint density at radius 3 is 2.60 bits per heavy atom. The first-order valence-electron chi connectivity index (χ1n) is 6.12. The zero-order valence-electron chi connectivity index (χ0n) is 11.2. The Morgan fingerprint density at radius 2 is 2.05 bits per heavy atom. The van der Waals surface area contributed by atoms with Crippen LogP contribution in [-0.2, 0) is 16.8 Å². The topological polar surface area (TPSA) is 80.9 Å². The number of anilines is 1. The van der Waals surface area contributed by atoms with Crippen LogP contribution >= 0.6 is 27.3 Å². The predicted octanol–water partition coefficient (Wildman–Crippen LogP) is 2.68. The van der Waals surface area contributed by atoms with Gasteiger partial charge in [-0.25, -0.2) is 0 Å². The second kappa shape index (κ2) is 5.99. The normalized spacial score (nSPS) is 13.8. The van der Waals surface area contributed by atoms with Gasteiger partial charge in [-0.1, -0.05) is 46.3 Å². The van der Waals surface area contributed by atoms with Crippen LogP contribution in [0.2, 0.25) is 0 Å². The molecule has 0 fully saturated rings. The van der Waals surface area contributed by atoms with E-state index in [0.717, 1.165) is 21.5 Å². The summed E-state index contributed by atoms with van der Waals surface area (Å²) in [6.07, 6.45) is 0.792. The van der Waals surface area contributed by atoms with Crippen molar-refractivity contribution in [3.05, 3.63) is 39.3 Å². The van der Waals surface area contributed by atoms with Crippen LogP contribution < -0.4 is 11.1 Å². The van der Waals surface area contributed by atoms with Crippen LogP contribution in [0.3, 0.4) is 0 Å². The van der Waals surface area contributed by atoms with Gasteiger partial charge in [-0.05, 0) is 31.0 Å². The molecule has 0 spiro atoms. The van der Waals surface area contributed by atoms with Crippen LogP contribution in [-0.4, -0.2) is 16.1 Å². The summed E-state index contributed by atoms with van der Waals surface area (Å²) < 4.78 is 0.939. The third kappa shape index (κ3) is 3.23. The quantitative estimate of drug-likeness (QED) is 0.884. The molecule has 1 heterocycles. The van der Waals surface area contributed by atoms with Crippen molar-refractivity contribution in [1.29, 1.82) is 0 Å². The van der Waals surface area contributed by atoms with Crippen molar-refractivity contribution in [1.82, 2.24) is 10.2 Å². The molecule has 0 aliphatic heterocycles. The lowest BCUT2D eigenvalue weighted by Crippen LogP contribution is -2.45. The molecule has 1 amide bonds. The lowest BCUT2D eigenvalue weighted by Gasteiger charge is -2.23. The van der Waals surface area contributed by atoms with Gasteiger partial charge >= 0.3 is 0 Å². The van der Waals surface area contributed by atoms with Crippen LogP contribution in [0.15, 0.2) is 28.7 Å². The number of carbonyl (C=O) groups excluding carboxylic acids is 1. The predicted molar refractivity (Wildman–Crippen MR) is 83.6 cm³/mol. The molecule has 1 aromatic carbocycles. The summed E-state index contributed by atoms with van der Waals surface area (Å²) in [5.74, 6) is -0.307. The number of halogens is 1. The molecule has 0 saturated heterocycles. The standard InChI is InChI=1S/C13H15BrN4OS/c1-3-10-17-18-12(20-10)16-11(19)13(2,15)8-4-6-9(14)7-5-8/h4-7H,3,15H2,1-2H3,(H,16,18,19). The summed E-state index contributed by atoms with van der Waals surface area (Å²) >= 11 is 4.71. The van der Waals surface area contributed by atoms with Gasteiger partial charge < -0.3 is 5.73 Å². The van der Waals surface area contributed by atoms with E-state index in [4.69, 9.17) is 5.73 Å². The molecule has 2 rings (SSSR count). The molecular weight excluding hydrogens is 340 g/mol. The molecule has 2 aromatic rings. The Bertz CT molecular complexity index is 609. The maximum absolute atomic E-state index is 12.3. The third-order valence-electron chi connectivity index (χ3n) is 2.91. The van der Waals surface area contributed by atoms with Crippen molar-refractivity contribution in [2.24, 2.45) is 5.73 Å². The molecule has 1 atom stereocenters. The minimum Gasteiger partial charge on any atom is -0.314 e. The highest BCUT2D eigenvalue weighted by atomic mass is 79.9. The summed E-state index contributed by atoms with van der Waals surface area (Å²) in [5.41, 5.74) is 5.76. The van der Waals surface area contributed by atoms with Crippen molar-refractivity contribution >= 4 is 38.3 Å². The number of amides is 1. The number of nitrogens with one attached hydrogen (secondary N) is 1. The van der Waals surface area contributed by atoms with Gasteiger partial charge in [0.2, 0.25) is 5.13 Å². The summed E-state index contributed by atoms with van der Waals surface area (Å²) in [5, 5.41) is 12.0. The maximum Gasteiger partial charge on any atom is 0.250 e. The monoisotopic (exact) mass is 354 g/mol. The zero-order valence-corrected chi connectivity index (χ0v) is 13.6. The van der Waals surface area contributed by atoms with Gasteiger partial charge in [0.15, 0.2) is 0 Å². The lowest BCUT2D eigenvalue weighted by atomic mass is 9.92. The van der Waals surface area contributed by atoms with E-state index in [9.17, 15) is 4.79 Å². The van der Waals surface area contributed by atoms with E-state index in [2.05, 4.69) is 31.4 Å². The van der Waals surface area contributed by atoms with Gasteiger partial charge in [0.05, 0.1) is 0 Å². The summed E-state index contributed by atoms with van der Waals surface area (Å²) in [4.78, 5) is 12.3. The fourth-order valence-electron chi connectivity index (χ4n) is 1.60. The molecule has 1 unspecified atom stereocenters. The van der Waals surface area contributed by atoms with Gasteiger partial charge in [0.25, 0.3) is 5.91 Å². The first kappa shape index (κ1) is 15.1. The molecule has 7 heteroatoms. The second-order valence-electron chi connectivity index (χ2n) is 4.52. The van der Waals surface area contributed by atoms with Gasteiger partial charge in [-0.2, -0.15) is 0 Å². The van der Waals surface area contributed by atoms with Crippen LogP contribution in [0, 0.1) is 0 Å². The number of hydrogen-bond acceptors (Lipinski definition) is 5. The zero-order chi connectivity index (χ0) is 14.8. The largest absolute Gasteiger partial charge is 0.314 e. The summed E-state index contributed by atoms with van der Waals surface area (Å²) in [7, 11) is 0. The smallest absolute Gasteiger partial charge is 0.250 e. The Labute approximate surface area is 129 Å². The molecule has 3 N–H and O–H groups in total. The van der Waals surface area contributed by atoms with E-state index in [0.29, 0.717) is 5.13 Å². The maximum atomic E-state index is 12.3. The second-order valence-corrected chi connectivity index (χ2v) is 6.50. The molecule has 0 aliphatic carbocycles. The SMILES string of the molecule is CCc1nnc(NC(=O)C(C)(N)c2ccc(Br)cc2)s1. The van der Waals surface area contributed by atoms with Crippen LogP contribution in [0.1, 0.15) is 24.4 Å². The number of aromatic nitrogens is 2. The van der Waals surface area contributed by atoms with E-state index in [1.807, 2.05) is 31.2 Å². The van der Waals surface area contributed by atoms with Crippen molar-refractivity contribution in [2.75, 3.05) is 5.32 Å². The number of hydrogen-bond donors (Lipinski definition) is 2. The molecule has 5 nitrogen and oxygen atoms in total. The first-order chi connectivity index (χ1) is 9.43. The van der Waals surface area contributed by atoms with Crippen LogP contribution in [0.4, 0.5) is 5.13 Å². The molecular formula is C13H15BrN4OS. The summed E-state index contributed by atoms with van der Waals surface area (Å²) in [6, 6.07) is 7.35. The molecule has 1 aromatic heterocycles. The minimum atomic E-state index is -1.13. The fraction of sp³-hybridized carbons (Fsp3) is 0.308. The van der Waals surface area contributed by atoms with Crippen molar-refractivity contribution in [3.8, 4) is 0 Å². The summed E-state index contributed by atoms with van der Waals surface area (Å²) in [6.45, 7) is 3.66. The number of aryl methyl sites for hydroxylation is 1. The van der Waals surface area contributed by atoms with Crippen molar-refractivity contribution < 1.29 is 4.79 Å². The van der Waals surface area contributed by atoms with Crippen LogP contribution in [0.5, 0.6) is 0 Å². The molecule has 0 aliphatic rings. The molecule has 0 bridgehead atoms. The van der Waals surface area contributed by atoms with Crippen LogP contribution in [0.25, 0.3) is 0 Å². The van der Waals surface area contributed by atoms with E-state index in [-0.39, 0.29) is 5.91 Å². The minimum absolute atomic E-state index is 0.307. The van der Waals surface area contributed by atoms with Crippen molar-refractivity contribution in [3.63, 3.8) is 0 Å². The number of benzene rings is 1. The number of carbonyl (C=O) groups is 1. The van der Waals surface area contributed by atoms with E-state index in [1.165, 1.54) is 11.3 Å². The molecule has 0 radical (unpaired) electrons. The average molecular weight is 355 g/mol. The average Bonchev–Trinajstić information content (AvgIpc) is 2.87. The Balaban J connectivity index is 2.16. The van der Waals surface area contributed by atoms with Gasteiger partial charge in [-0.3, -0.25) is 10.1 Å². The third-order valence-corrected chi connectivity index (χ3v) is 4.42. The Hall–Kier alpha value is -1.31. The highest BCUT2D eigenvalue weighted by molar-refractivity contribution is 9.10. The molecule has 106 valence electrons. The molecule has 0 saturated carbocycles. The van der Waals surface area contributed by atoms with E-state index in [1.54, 1.807) is 6.92 Å². The number of rotatable bonds is 4. The van der Waals surface area contributed by atoms with E-state index >= 15 is 0 Å².